The maximum atomic E-state index is 12.2. The van der Waals surface area contributed by atoms with E-state index in [0.29, 0.717) is 30.9 Å². The number of carbonyl (C=O) groups excluding carboxylic acids is 1. The Morgan fingerprint density at radius 3 is 2.58 bits per heavy atom. The highest BCUT2D eigenvalue weighted by molar-refractivity contribution is 7.89. The first-order valence-corrected chi connectivity index (χ1v) is 9.06. The highest BCUT2D eigenvalue weighted by Crippen LogP contribution is 2.28. The number of nitrogens with two attached hydrogens (primary N) is 1. The van der Waals surface area contributed by atoms with E-state index in [2.05, 4.69) is 5.32 Å². The number of amides is 1. The second kappa shape index (κ2) is 9.93. The minimum absolute atomic E-state index is 0. The van der Waals surface area contributed by atoms with E-state index in [-0.39, 0.29) is 34.7 Å². The fourth-order valence-corrected chi connectivity index (χ4v) is 2.89. The molecule has 0 saturated carbocycles. The Hall–Kier alpha value is -1.22. The van der Waals surface area contributed by atoms with Gasteiger partial charge in [-0.05, 0) is 19.4 Å². The van der Waals surface area contributed by atoms with E-state index in [0.717, 1.165) is 0 Å². The van der Waals surface area contributed by atoms with Gasteiger partial charge in [-0.2, -0.15) is 0 Å². The lowest BCUT2D eigenvalue weighted by molar-refractivity contribution is 0.0950. The van der Waals surface area contributed by atoms with E-state index in [9.17, 15) is 13.2 Å². The van der Waals surface area contributed by atoms with Crippen molar-refractivity contribution in [3.8, 4) is 5.75 Å². The van der Waals surface area contributed by atoms with Gasteiger partial charge in [-0.25, -0.2) is 12.7 Å². The highest BCUT2D eigenvalue weighted by atomic mass is 35.5. The van der Waals surface area contributed by atoms with Gasteiger partial charge >= 0.3 is 0 Å². The summed E-state index contributed by atoms with van der Waals surface area (Å²) < 4.78 is 29.6. The Labute approximate surface area is 153 Å². The van der Waals surface area contributed by atoms with E-state index in [1.807, 2.05) is 0 Å². The summed E-state index contributed by atoms with van der Waals surface area (Å²) in [5, 5.41) is 2.97. The highest BCUT2D eigenvalue weighted by Gasteiger charge is 2.16. The third-order valence-corrected chi connectivity index (χ3v) is 5.53. The summed E-state index contributed by atoms with van der Waals surface area (Å²) >= 11 is 5.92. The number of nitrogens with one attached hydrogen (secondary N) is 1. The quantitative estimate of drug-likeness (QED) is 0.512. The lowest BCUT2D eigenvalue weighted by atomic mass is 10.1. The first-order valence-electron chi connectivity index (χ1n) is 7.08. The molecule has 0 fully saturated rings. The first kappa shape index (κ1) is 22.8. The minimum Gasteiger partial charge on any atom is -0.496 e. The molecule has 0 aliphatic heterocycles. The molecule has 0 atom stereocenters. The van der Waals surface area contributed by atoms with Crippen molar-refractivity contribution in [1.29, 1.82) is 0 Å². The maximum absolute atomic E-state index is 12.2. The number of halogens is 2. The molecule has 3 N–H and O–H groups in total. The minimum atomic E-state index is -3.20. The summed E-state index contributed by atoms with van der Waals surface area (Å²) in [7, 11) is -0.251. The number of ether oxygens (including phenoxy) is 1. The van der Waals surface area contributed by atoms with E-state index < -0.39 is 10.0 Å². The molecule has 1 amide bonds. The van der Waals surface area contributed by atoms with Gasteiger partial charge in [0.25, 0.3) is 5.91 Å². The SMILES string of the molecule is CCS(=O)(=O)N(C)CCCNC(=O)c1cc(Cl)c(N)cc1OC.Cl. The number of rotatable bonds is 8. The molecule has 0 aliphatic rings. The standard InChI is InChI=1S/C14H22ClN3O4S.ClH/c1-4-23(20,21)18(2)7-5-6-17-14(19)10-8-11(15)12(16)9-13(10)22-3;/h8-9H,4-7,16H2,1-3H3,(H,17,19);1H. The second-order valence-electron chi connectivity index (χ2n) is 4.91. The van der Waals surface area contributed by atoms with Crippen LogP contribution in [0.15, 0.2) is 12.1 Å². The smallest absolute Gasteiger partial charge is 0.255 e. The lowest BCUT2D eigenvalue weighted by Crippen LogP contribution is -2.32. The summed E-state index contributed by atoms with van der Waals surface area (Å²) in [6.07, 6.45) is 0.493. The molecule has 1 aromatic carbocycles. The molecule has 0 aliphatic carbocycles. The maximum Gasteiger partial charge on any atom is 0.255 e. The van der Waals surface area contributed by atoms with Crippen LogP contribution in [0.4, 0.5) is 5.69 Å². The van der Waals surface area contributed by atoms with Crippen LogP contribution in [0.3, 0.4) is 0 Å². The van der Waals surface area contributed by atoms with Crippen LogP contribution in [0.5, 0.6) is 5.75 Å². The molecular formula is C14H23Cl2N3O4S. The summed E-state index contributed by atoms with van der Waals surface area (Å²) in [5.41, 5.74) is 6.27. The van der Waals surface area contributed by atoms with Crippen LogP contribution in [0, 0.1) is 0 Å². The van der Waals surface area contributed by atoms with E-state index in [1.165, 1.54) is 30.6 Å². The Bertz CT molecular complexity index is 668. The summed E-state index contributed by atoms with van der Waals surface area (Å²) in [4.78, 5) is 12.2. The monoisotopic (exact) mass is 399 g/mol. The number of methoxy groups -OCH3 is 1. The molecule has 0 saturated heterocycles. The molecule has 1 rings (SSSR count). The molecule has 0 heterocycles. The van der Waals surface area contributed by atoms with Gasteiger partial charge < -0.3 is 15.8 Å². The second-order valence-corrected chi connectivity index (χ2v) is 7.68. The number of benzene rings is 1. The number of hydrogen-bond donors (Lipinski definition) is 2. The molecule has 0 radical (unpaired) electrons. The van der Waals surface area contributed by atoms with E-state index in [4.69, 9.17) is 22.1 Å². The largest absolute Gasteiger partial charge is 0.496 e. The molecule has 138 valence electrons. The predicted octanol–water partition coefficient (Wildman–Crippen LogP) is 1.75. The predicted molar refractivity (Wildman–Crippen MR) is 98.7 cm³/mol. The number of nitrogens with zero attached hydrogens (tertiary/aromatic N) is 1. The molecule has 0 spiro atoms. The van der Waals surface area contributed by atoms with Crippen molar-refractivity contribution < 1.29 is 17.9 Å². The van der Waals surface area contributed by atoms with Gasteiger partial charge in [-0.3, -0.25) is 4.79 Å². The van der Waals surface area contributed by atoms with Crippen LogP contribution >= 0.6 is 24.0 Å². The van der Waals surface area contributed by atoms with Gasteiger partial charge in [-0.1, -0.05) is 11.6 Å². The van der Waals surface area contributed by atoms with Crippen molar-refractivity contribution in [2.75, 3.05) is 38.7 Å². The average molecular weight is 400 g/mol. The normalized spacial score (nSPS) is 11.0. The van der Waals surface area contributed by atoms with Crippen molar-refractivity contribution >= 4 is 45.6 Å². The van der Waals surface area contributed by atoms with Crippen LogP contribution in [0.1, 0.15) is 23.7 Å². The number of anilines is 1. The Morgan fingerprint density at radius 1 is 1.42 bits per heavy atom. The van der Waals surface area contributed by atoms with E-state index in [1.54, 1.807) is 6.92 Å². The molecule has 10 heteroatoms. The van der Waals surface area contributed by atoms with Crippen LogP contribution < -0.4 is 15.8 Å². The lowest BCUT2D eigenvalue weighted by Gasteiger charge is -2.16. The van der Waals surface area contributed by atoms with Crippen molar-refractivity contribution in [1.82, 2.24) is 9.62 Å². The number of sulfonamides is 1. The average Bonchev–Trinajstić information content (AvgIpc) is 2.52. The van der Waals surface area contributed by atoms with Crippen molar-refractivity contribution in [3.05, 3.63) is 22.7 Å². The molecular weight excluding hydrogens is 377 g/mol. The van der Waals surface area contributed by atoms with Gasteiger partial charge in [0, 0.05) is 26.2 Å². The van der Waals surface area contributed by atoms with Crippen LogP contribution in [-0.4, -0.2) is 51.6 Å². The zero-order chi connectivity index (χ0) is 17.6. The van der Waals surface area contributed by atoms with Crippen molar-refractivity contribution in [2.45, 2.75) is 13.3 Å². The van der Waals surface area contributed by atoms with Gasteiger partial charge in [-0.15, -0.1) is 12.4 Å². The third-order valence-electron chi connectivity index (χ3n) is 3.34. The molecule has 0 aromatic heterocycles. The molecule has 0 unspecified atom stereocenters. The van der Waals surface area contributed by atoms with Gasteiger partial charge in [0.2, 0.25) is 10.0 Å². The fourth-order valence-electron chi connectivity index (χ4n) is 1.87. The number of hydrogen-bond acceptors (Lipinski definition) is 5. The number of carbonyl (C=O) groups is 1. The number of nitrogen functional groups attached to an aromatic ring is 1. The molecule has 0 bridgehead atoms. The molecule has 1 aromatic rings. The summed E-state index contributed by atoms with van der Waals surface area (Å²) in [5.74, 6) is 0.0246. The Morgan fingerprint density at radius 2 is 2.04 bits per heavy atom. The summed E-state index contributed by atoms with van der Waals surface area (Å²) in [6, 6.07) is 2.93. The van der Waals surface area contributed by atoms with Gasteiger partial charge in [0.15, 0.2) is 0 Å². The summed E-state index contributed by atoms with van der Waals surface area (Å²) in [6.45, 7) is 2.24. The van der Waals surface area contributed by atoms with Gasteiger partial charge in [0.05, 0.1) is 29.1 Å². The third kappa shape index (κ3) is 6.01. The van der Waals surface area contributed by atoms with Crippen molar-refractivity contribution in [2.24, 2.45) is 0 Å². The van der Waals surface area contributed by atoms with Crippen LogP contribution in [-0.2, 0) is 10.0 Å². The topological polar surface area (TPSA) is 102 Å². The van der Waals surface area contributed by atoms with E-state index >= 15 is 0 Å². The van der Waals surface area contributed by atoms with Crippen molar-refractivity contribution in [3.63, 3.8) is 0 Å². The molecule has 7 nitrogen and oxygen atoms in total. The van der Waals surface area contributed by atoms with Crippen LogP contribution in [0.2, 0.25) is 5.02 Å². The first-order chi connectivity index (χ1) is 10.7. The Balaban J connectivity index is 0.00000529. The molecule has 24 heavy (non-hydrogen) atoms. The fraction of sp³-hybridized carbons (Fsp3) is 0.500. The zero-order valence-corrected chi connectivity index (χ0v) is 16.2. The Kier molecular flexibility index (Phi) is 9.42. The van der Waals surface area contributed by atoms with Crippen LogP contribution in [0.25, 0.3) is 0 Å². The zero-order valence-electron chi connectivity index (χ0n) is 13.8. The van der Waals surface area contributed by atoms with Gasteiger partial charge in [0.1, 0.15) is 5.75 Å².